The Bertz CT molecular complexity index is 1140. The Kier molecular flexibility index (Phi) is 1.95. The van der Waals surface area contributed by atoms with Gasteiger partial charge in [0.15, 0.2) is 6.20 Å². The molecule has 1 N–H and O–H groups in total. The summed E-state index contributed by atoms with van der Waals surface area (Å²) >= 11 is 0. The summed E-state index contributed by atoms with van der Waals surface area (Å²) in [6.45, 7) is 2.17. The van der Waals surface area contributed by atoms with E-state index < -0.39 is 0 Å². The van der Waals surface area contributed by atoms with Crippen molar-refractivity contribution in [1.82, 2.24) is 0 Å². The van der Waals surface area contributed by atoms with Crippen LogP contribution in [0.25, 0.3) is 43.2 Å². The van der Waals surface area contributed by atoms with Gasteiger partial charge in [-0.25, -0.2) is 4.98 Å². The maximum absolute atomic E-state index is 3.46. The first-order valence-corrected chi connectivity index (χ1v) is 7.30. The fourth-order valence-electron chi connectivity index (χ4n) is 3.70. The number of pyridine rings is 1. The Morgan fingerprint density at radius 2 is 1.52 bits per heavy atom. The highest BCUT2D eigenvalue weighted by Crippen LogP contribution is 2.39. The first-order valence-electron chi connectivity index (χ1n) is 7.30. The molecule has 21 heavy (non-hydrogen) atoms. The van der Waals surface area contributed by atoms with Gasteiger partial charge >= 0.3 is 0 Å². The lowest BCUT2D eigenvalue weighted by molar-refractivity contribution is -0.343. The Balaban J connectivity index is 2.31. The number of hydrogen-bond donors (Lipinski definition) is 0. The molecule has 0 atom stereocenters. The van der Waals surface area contributed by atoms with Crippen molar-refractivity contribution in [3.8, 4) is 0 Å². The minimum atomic E-state index is 1.23. The molecule has 0 unspecified atom stereocenters. The first kappa shape index (κ1) is 11.0. The van der Waals surface area contributed by atoms with E-state index in [1.807, 2.05) is 6.20 Å². The van der Waals surface area contributed by atoms with Gasteiger partial charge in [0.05, 0.1) is 10.8 Å². The normalized spacial score (nSPS) is 12.0. The number of aromatic amines is 1. The van der Waals surface area contributed by atoms with E-state index in [4.69, 9.17) is 0 Å². The number of benzene rings is 4. The maximum atomic E-state index is 3.46. The molecular formula is C20H14N+. The number of aromatic nitrogens is 1. The molecule has 1 heteroatoms. The molecule has 0 bridgehead atoms. The monoisotopic (exact) mass is 268 g/mol. The molecular weight excluding hydrogens is 254 g/mol. The summed E-state index contributed by atoms with van der Waals surface area (Å²) in [7, 11) is 0. The zero-order valence-corrected chi connectivity index (χ0v) is 11.8. The molecule has 0 spiro atoms. The van der Waals surface area contributed by atoms with Crippen molar-refractivity contribution in [3.05, 3.63) is 66.4 Å². The number of rotatable bonds is 0. The van der Waals surface area contributed by atoms with E-state index in [1.54, 1.807) is 0 Å². The van der Waals surface area contributed by atoms with Gasteiger partial charge in [0.2, 0.25) is 5.52 Å². The molecule has 0 fully saturated rings. The average Bonchev–Trinajstić information content (AvgIpc) is 2.53. The van der Waals surface area contributed by atoms with Crippen LogP contribution in [0.3, 0.4) is 0 Å². The van der Waals surface area contributed by atoms with Crippen LogP contribution in [0.5, 0.6) is 0 Å². The second kappa shape index (κ2) is 3.70. The lowest BCUT2D eigenvalue weighted by Crippen LogP contribution is -2.03. The van der Waals surface area contributed by atoms with Gasteiger partial charge in [0.1, 0.15) is 0 Å². The second-order valence-electron chi connectivity index (χ2n) is 5.84. The molecule has 5 rings (SSSR count). The molecule has 0 radical (unpaired) electrons. The Hall–Kier alpha value is -2.67. The van der Waals surface area contributed by atoms with E-state index >= 15 is 0 Å². The summed E-state index contributed by atoms with van der Waals surface area (Å²) in [5, 5.41) is 9.37. The Morgan fingerprint density at radius 3 is 2.48 bits per heavy atom. The summed E-state index contributed by atoms with van der Waals surface area (Å²) in [5.74, 6) is 0. The number of fused-ring (bicyclic) bond motifs is 3. The molecule has 1 aromatic heterocycles. The van der Waals surface area contributed by atoms with Crippen LogP contribution in [0, 0.1) is 6.92 Å². The molecule has 0 amide bonds. The van der Waals surface area contributed by atoms with E-state index in [0.29, 0.717) is 0 Å². The van der Waals surface area contributed by atoms with Gasteiger partial charge in [-0.1, -0.05) is 36.4 Å². The maximum Gasteiger partial charge on any atom is 0.219 e. The van der Waals surface area contributed by atoms with E-state index in [2.05, 4.69) is 66.5 Å². The average molecular weight is 268 g/mol. The zero-order chi connectivity index (χ0) is 14.0. The van der Waals surface area contributed by atoms with E-state index in [0.717, 1.165) is 0 Å². The third-order valence-corrected chi connectivity index (χ3v) is 4.52. The van der Waals surface area contributed by atoms with Crippen LogP contribution in [-0.4, -0.2) is 0 Å². The van der Waals surface area contributed by atoms with Crippen molar-refractivity contribution in [2.75, 3.05) is 0 Å². The van der Waals surface area contributed by atoms with Gasteiger partial charge < -0.3 is 0 Å². The van der Waals surface area contributed by atoms with Crippen LogP contribution >= 0.6 is 0 Å². The van der Waals surface area contributed by atoms with Crippen LogP contribution in [0.4, 0.5) is 0 Å². The highest BCUT2D eigenvalue weighted by molar-refractivity contribution is 6.32. The molecule has 0 aliphatic carbocycles. The van der Waals surface area contributed by atoms with Crippen molar-refractivity contribution in [2.45, 2.75) is 6.92 Å². The fraction of sp³-hybridized carbons (Fsp3) is 0.0500. The van der Waals surface area contributed by atoms with Crippen LogP contribution in [0.1, 0.15) is 5.56 Å². The molecule has 1 nitrogen and oxygen atoms in total. The van der Waals surface area contributed by atoms with E-state index in [9.17, 15) is 0 Å². The molecule has 0 saturated carbocycles. The van der Waals surface area contributed by atoms with E-state index in [1.165, 1.54) is 48.8 Å². The Morgan fingerprint density at radius 1 is 0.714 bits per heavy atom. The largest absolute Gasteiger partial charge is 0.219 e. The van der Waals surface area contributed by atoms with Gasteiger partial charge in [0, 0.05) is 11.5 Å². The van der Waals surface area contributed by atoms with Crippen molar-refractivity contribution >= 4 is 43.2 Å². The molecule has 98 valence electrons. The molecule has 5 aromatic rings. The molecule has 0 saturated heterocycles. The van der Waals surface area contributed by atoms with Gasteiger partial charge in [-0.2, -0.15) is 0 Å². The third kappa shape index (κ3) is 1.33. The minimum Gasteiger partial charge on any atom is -0.211 e. The quantitative estimate of drug-likeness (QED) is 0.281. The summed E-state index contributed by atoms with van der Waals surface area (Å²) in [6.07, 6.45) is 2.01. The van der Waals surface area contributed by atoms with Crippen molar-refractivity contribution in [2.24, 2.45) is 0 Å². The van der Waals surface area contributed by atoms with Crippen LogP contribution < -0.4 is 4.98 Å². The molecule has 0 aliphatic heterocycles. The van der Waals surface area contributed by atoms with Crippen LogP contribution in [0.15, 0.2) is 60.8 Å². The second-order valence-corrected chi connectivity index (χ2v) is 5.84. The number of aryl methyl sites for hydroxylation is 1. The first-order chi connectivity index (χ1) is 10.3. The highest BCUT2D eigenvalue weighted by atomic mass is 14.6. The van der Waals surface area contributed by atoms with Gasteiger partial charge in [0.25, 0.3) is 0 Å². The zero-order valence-electron chi connectivity index (χ0n) is 11.8. The summed E-state index contributed by atoms with van der Waals surface area (Å²) in [5.41, 5.74) is 2.54. The number of hydrogen-bond acceptors (Lipinski definition) is 0. The molecule has 0 aliphatic rings. The van der Waals surface area contributed by atoms with Crippen LogP contribution in [0.2, 0.25) is 0 Å². The number of H-pyrrole nitrogens is 1. The SMILES string of the molecule is Cc1cc2ccc3cccc4c5ccc[nH+]c5c(c1)c2c34. The van der Waals surface area contributed by atoms with Gasteiger partial charge in [-0.05, 0) is 46.2 Å². The predicted octanol–water partition coefficient (Wildman–Crippen LogP) is 4.86. The molecule has 1 heterocycles. The predicted molar refractivity (Wildman–Crippen MR) is 88.9 cm³/mol. The van der Waals surface area contributed by atoms with Crippen LogP contribution in [-0.2, 0) is 0 Å². The lowest BCUT2D eigenvalue weighted by Gasteiger charge is -2.12. The Labute approximate surface area is 122 Å². The topological polar surface area (TPSA) is 14.1 Å². The fourth-order valence-corrected chi connectivity index (χ4v) is 3.70. The van der Waals surface area contributed by atoms with E-state index in [-0.39, 0.29) is 0 Å². The number of nitrogens with one attached hydrogen (secondary N) is 1. The standard InChI is InChI=1S/C20H13N/c1-12-10-14-8-7-13-4-2-5-15-16-6-3-9-21-20(16)17(11-12)19(14)18(13)15/h2-11H,1H3/p+1. The van der Waals surface area contributed by atoms with Gasteiger partial charge in [-0.3, -0.25) is 0 Å². The summed E-state index contributed by atoms with van der Waals surface area (Å²) in [4.78, 5) is 3.46. The van der Waals surface area contributed by atoms with Gasteiger partial charge in [-0.15, -0.1) is 0 Å². The molecule has 4 aromatic carbocycles. The lowest BCUT2D eigenvalue weighted by atomic mass is 9.90. The van der Waals surface area contributed by atoms with Crippen molar-refractivity contribution in [1.29, 1.82) is 0 Å². The third-order valence-electron chi connectivity index (χ3n) is 4.52. The van der Waals surface area contributed by atoms with Crippen molar-refractivity contribution in [3.63, 3.8) is 0 Å². The van der Waals surface area contributed by atoms with Crippen molar-refractivity contribution < 1.29 is 4.98 Å². The minimum absolute atomic E-state index is 1.23. The summed E-state index contributed by atoms with van der Waals surface area (Å²) < 4.78 is 0. The smallest absolute Gasteiger partial charge is 0.211 e. The highest BCUT2D eigenvalue weighted by Gasteiger charge is 2.16. The summed E-state index contributed by atoms with van der Waals surface area (Å²) in [6, 6.07) is 19.9.